The average Bonchev–Trinajstić information content (AvgIpc) is 2.63. The Morgan fingerprint density at radius 1 is 1.12 bits per heavy atom. The van der Waals surface area contributed by atoms with Gasteiger partial charge < -0.3 is 10.1 Å². The third-order valence-electron chi connectivity index (χ3n) is 3.61. The van der Waals surface area contributed by atoms with Crippen LogP contribution in [0.2, 0.25) is 5.02 Å². The Labute approximate surface area is 157 Å². The highest BCUT2D eigenvalue weighted by Gasteiger charge is 2.25. The monoisotopic (exact) mass is 395 g/mol. The van der Waals surface area contributed by atoms with E-state index in [-0.39, 0.29) is 16.2 Å². The summed E-state index contributed by atoms with van der Waals surface area (Å²) in [4.78, 5) is 24.5. The molecule has 0 bridgehead atoms. The molecular formula is C18H18ClNO5S. The van der Waals surface area contributed by atoms with Crippen LogP contribution >= 0.6 is 11.6 Å². The van der Waals surface area contributed by atoms with E-state index in [0.29, 0.717) is 10.7 Å². The number of rotatable bonds is 6. The first-order chi connectivity index (χ1) is 12.3. The van der Waals surface area contributed by atoms with Crippen LogP contribution in [0.3, 0.4) is 0 Å². The molecule has 2 rings (SSSR count). The minimum atomic E-state index is -3.60. The predicted octanol–water partition coefficient (Wildman–Crippen LogP) is 3.32. The second kappa shape index (κ2) is 8.33. The third-order valence-corrected chi connectivity index (χ3v) is 5.72. The Bertz CT molecular complexity index is 927. The normalized spacial score (nSPS) is 12.3. The molecular weight excluding hydrogens is 378 g/mol. The van der Waals surface area contributed by atoms with Crippen molar-refractivity contribution in [2.24, 2.45) is 0 Å². The fraction of sp³-hybridized carbons (Fsp3) is 0.222. The zero-order chi connectivity index (χ0) is 19.3. The first kappa shape index (κ1) is 19.9. The van der Waals surface area contributed by atoms with E-state index >= 15 is 0 Å². The van der Waals surface area contributed by atoms with Crippen molar-refractivity contribution in [3.63, 3.8) is 0 Å². The van der Waals surface area contributed by atoms with Crippen LogP contribution in [0.25, 0.3) is 0 Å². The SMILES string of the molecule is CCS(=O)(=O)c1ccccc1C(=O)O[C@@H](C)C(=O)Nc1ccccc1Cl. The van der Waals surface area contributed by atoms with Gasteiger partial charge in [0.2, 0.25) is 0 Å². The molecule has 1 atom stereocenters. The minimum absolute atomic E-state index is 0.105. The quantitative estimate of drug-likeness (QED) is 0.758. The number of benzene rings is 2. The van der Waals surface area contributed by atoms with Gasteiger partial charge in [0.1, 0.15) is 0 Å². The van der Waals surface area contributed by atoms with Gasteiger partial charge in [-0.05, 0) is 31.2 Å². The van der Waals surface area contributed by atoms with E-state index < -0.39 is 27.8 Å². The van der Waals surface area contributed by atoms with Crippen LogP contribution in [-0.2, 0) is 19.4 Å². The molecule has 0 fully saturated rings. The Balaban J connectivity index is 2.15. The maximum Gasteiger partial charge on any atom is 0.340 e. The molecule has 6 nitrogen and oxygen atoms in total. The number of hydrogen-bond acceptors (Lipinski definition) is 5. The van der Waals surface area contributed by atoms with E-state index in [1.165, 1.54) is 38.1 Å². The first-order valence-corrected chi connectivity index (χ1v) is 9.87. The molecule has 0 heterocycles. The summed E-state index contributed by atoms with van der Waals surface area (Å²) in [5, 5.41) is 2.90. The first-order valence-electron chi connectivity index (χ1n) is 7.84. The Kier molecular flexibility index (Phi) is 6.39. The van der Waals surface area contributed by atoms with E-state index in [9.17, 15) is 18.0 Å². The molecule has 0 spiro atoms. The predicted molar refractivity (Wildman–Crippen MR) is 99.1 cm³/mol. The smallest absolute Gasteiger partial charge is 0.340 e. The van der Waals surface area contributed by atoms with E-state index in [1.807, 2.05) is 0 Å². The van der Waals surface area contributed by atoms with Crippen LogP contribution in [-0.4, -0.2) is 32.2 Å². The number of ether oxygens (including phenoxy) is 1. The van der Waals surface area contributed by atoms with Gasteiger partial charge in [-0.3, -0.25) is 4.79 Å². The summed E-state index contributed by atoms with van der Waals surface area (Å²) >= 11 is 5.97. The van der Waals surface area contributed by atoms with Gasteiger partial charge in [-0.2, -0.15) is 0 Å². The lowest BCUT2D eigenvalue weighted by Gasteiger charge is -2.15. The van der Waals surface area contributed by atoms with Gasteiger partial charge in [0.15, 0.2) is 15.9 Å². The minimum Gasteiger partial charge on any atom is -0.449 e. The van der Waals surface area contributed by atoms with Crippen molar-refractivity contribution in [2.45, 2.75) is 24.8 Å². The van der Waals surface area contributed by atoms with Crippen LogP contribution in [0.1, 0.15) is 24.2 Å². The summed E-state index contributed by atoms with van der Waals surface area (Å²) in [6.07, 6.45) is -1.14. The number of amides is 1. The number of para-hydroxylation sites is 1. The Morgan fingerprint density at radius 3 is 2.38 bits per heavy atom. The summed E-state index contributed by atoms with van der Waals surface area (Å²) in [7, 11) is -3.60. The molecule has 2 aromatic carbocycles. The van der Waals surface area contributed by atoms with Gasteiger partial charge >= 0.3 is 5.97 Å². The number of esters is 1. The van der Waals surface area contributed by atoms with E-state index in [0.717, 1.165) is 0 Å². The second-order valence-corrected chi connectivity index (χ2v) is 8.07. The van der Waals surface area contributed by atoms with Gasteiger partial charge in [-0.15, -0.1) is 0 Å². The van der Waals surface area contributed by atoms with Crippen molar-refractivity contribution < 1.29 is 22.7 Å². The average molecular weight is 396 g/mol. The van der Waals surface area contributed by atoms with Crippen LogP contribution in [0.15, 0.2) is 53.4 Å². The molecule has 0 aliphatic heterocycles. The molecule has 0 aliphatic carbocycles. The summed E-state index contributed by atoms with van der Waals surface area (Å²) in [6.45, 7) is 2.87. The number of sulfone groups is 1. The Morgan fingerprint density at radius 2 is 1.73 bits per heavy atom. The summed E-state index contributed by atoms with van der Waals surface area (Å²) in [5.74, 6) is -1.62. The van der Waals surface area contributed by atoms with E-state index in [1.54, 1.807) is 24.3 Å². The number of nitrogens with one attached hydrogen (secondary N) is 1. The summed E-state index contributed by atoms with van der Waals surface area (Å²) in [5.41, 5.74) is 0.280. The maximum absolute atomic E-state index is 12.4. The largest absolute Gasteiger partial charge is 0.449 e. The molecule has 0 saturated heterocycles. The molecule has 0 radical (unpaired) electrons. The molecule has 0 aliphatic rings. The lowest BCUT2D eigenvalue weighted by molar-refractivity contribution is -0.123. The van der Waals surface area contributed by atoms with Crippen molar-refractivity contribution in [3.8, 4) is 0 Å². The summed E-state index contributed by atoms with van der Waals surface area (Å²) < 4.78 is 29.4. The molecule has 0 saturated carbocycles. The van der Waals surface area contributed by atoms with Crippen molar-refractivity contribution in [3.05, 3.63) is 59.1 Å². The zero-order valence-electron chi connectivity index (χ0n) is 14.2. The molecule has 1 N–H and O–H groups in total. The lowest BCUT2D eigenvalue weighted by Crippen LogP contribution is -2.30. The Hall–Kier alpha value is -2.38. The third kappa shape index (κ3) is 4.62. The molecule has 0 aromatic heterocycles. The van der Waals surface area contributed by atoms with E-state index in [4.69, 9.17) is 16.3 Å². The van der Waals surface area contributed by atoms with Gasteiger partial charge in [0.25, 0.3) is 5.91 Å². The molecule has 138 valence electrons. The van der Waals surface area contributed by atoms with Gasteiger partial charge in [0.05, 0.1) is 26.9 Å². The number of halogens is 1. The van der Waals surface area contributed by atoms with Crippen molar-refractivity contribution in [1.82, 2.24) is 0 Å². The van der Waals surface area contributed by atoms with Crippen LogP contribution in [0.4, 0.5) is 5.69 Å². The molecule has 1 amide bonds. The maximum atomic E-state index is 12.4. The van der Waals surface area contributed by atoms with Crippen LogP contribution < -0.4 is 5.32 Å². The number of carbonyl (C=O) groups excluding carboxylic acids is 2. The van der Waals surface area contributed by atoms with E-state index in [2.05, 4.69) is 5.32 Å². The van der Waals surface area contributed by atoms with Crippen molar-refractivity contribution in [2.75, 3.05) is 11.1 Å². The number of anilines is 1. The summed E-state index contributed by atoms with van der Waals surface area (Å²) in [6, 6.07) is 12.4. The fourth-order valence-electron chi connectivity index (χ4n) is 2.14. The van der Waals surface area contributed by atoms with Gasteiger partial charge in [-0.1, -0.05) is 42.8 Å². The highest BCUT2D eigenvalue weighted by Crippen LogP contribution is 2.22. The highest BCUT2D eigenvalue weighted by molar-refractivity contribution is 7.91. The van der Waals surface area contributed by atoms with Crippen LogP contribution in [0.5, 0.6) is 0 Å². The van der Waals surface area contributed by atoms with Crippen molar-refractivity contribution in [1.29, 1.82) is 0 Å². The van der Waals surface area contributed by atoms with Gasteiger partial charge in [-0.25, -0.2) is 13.2 Å². The van der Waals surface area contributed by atoms with Crippen molar-refractivity contribution >= 4 is 39.0 Å². The topological polar surface area (TPSA) is 89.5 Å². The molecule has 8 heteroatoms. The van der Waals surface area contributed by atoms with Gasteiger partial charge in [0, 0.05) is 0 Å². The molecule has 2 aromatic rings. The lowest BCUT2D eigenvalue weighted by atomic mass is 10.2. The highest BCUT2D eigenvalue weighted by atomic mass is 35.5. The van der Waals surface area contributed by atoms with Crippen LogP contribution in [0, 0.1) is 0 Å². The zero-order valence-corrected chi connectivity index (χ0v) is 15.8. The second-order valence-electron chi connectivity index (χ2n) is 5.42. The molecule has 0 unspecified atom stereocenters. The standard InChI is InChI=1S/C18H18ClNO5S/c1-3-26(23,24)16-11-7-4-8-13(16)18(22)25-12(2)17(21)20-15-10-6-5-9-14(15)19/h4-12H,3H2,1-2H3,(H,20,21)/t12-/m0/s1. The fourth-order valence-corrected chi connectivity index (χ4v) is 3.40. The number of carbonyl (C=O) groups is 2. The number of hydrogen-bond donors (Lipinski definition) is 1. The molecule has 26 heavy (non-hydrogen) atoms.